The molecule has 168 valence electrons. The highest BCUT2D eigenvalue weighted by Crippen LogP contribution is 2.26. The second-order valence-corrected chi connectivity index (χ2v) is 10.1. The third kappa shape index (κ3) is 5.23. The minimum Gasteiger partial charge on any atom is -0.494 e. The molecule has 3 rings (SSSR count). The Morgan fingerprint density at radius 1 is 1.23 bits per heavy atom. The van der Waals surface area contributed by atoms with E-state index in [4.69, 9.17) is 4.74 Å². The summed E-state index contributed by atoms with van der Waals surface area (Å²) in [6.45, 7) is 5.88. The van der Waals surface area contributed by atoms with Crippen LogP contribution in [0.2, 0.25) is 0 Å². The lowest BCUT2D eigenvalue weighted by atomic mass is 10.1. The van der Waals surface area contributed by atoms with E-state index in [1.165, 1.54) is 23.1 Å². The number of rotatable bonds is 9. The van der Waals surface area contributed by atoms with Gasteiger partial charge in [0, 0.05) is 31.2 Å². The van der Waals surface area contributed by atoms with Crippen LogP contribution >= 0.6 is 0 Å². The van der Waals surface area contributed by atoms with E-state index in [1.807, 2.05) is 26.8 Å². The Balaban J connectivity index is 1.88. The molecule has 0 amide bonds. The van der Waals surface area contributed by atoms with Crippen LogP contribution in [-0.2, 0) is 10.0 Å². The van der Waals surface area contributed by atoms with Gasteiger partial charge in [-0.25, -0.2) is 17.4 Å². The van der Waals surface area contributed by atoms with Crippen molar-refractivity contribution in [1.82, 2.24) is 24.3 Å². The minimum absolute atomic E-state index is 0.00515. The van der Waals surface area contributed by atoms with E-state index in [9.17, 15) is 13.2 Å². The molecule has 0 spiro atoms. The highest BCUT2D eigenvalue weighted by atomic mass is 32.2. The number of aromatic nitrogens is 4. The van der Waals surface area contributed by atoms with Gasteiger partial charge < -0.3 is 10.1 Å². The number of ether oxygens (including phenoxy) is 1. The normalized spacial score (nSPS) is 12.1. The third-order valence-corrected chi connectivity index (χ3v) is 6.62. The van der Waals surface area contributed by atoms with Gasteiger partial charge in [-0.05, 0) is 45.4 Å². The number of fused-ring (bicyclic) bond motifs is 1. The maximum Gasteiger partial charge on any atom is 0.275 e. The highest BCUT2D eigenvalue weighted by molar-refractivity contribution is 7.89. The number of hydrogen-bond donors (Lipinski definition) is 2. The molecule has 2 aromatic heterocycles. The molecule has 0 radical (unpaired) electrons. The first kappa shape index (κ1) is 22.8. The van der Waals surface area contributed by atoms with Crippen molar-refractivity contribution in [3.63, 3.8) is 0 Å². The molecule has 10 nitrogen and oxygen atoms in total. The van der Waals surface area contributed by atoms with Gasteiger partial charge in [0.15, 0.2) is 11.6 Å². The molecular formula is C20H28N6O4S. The Kier molecular flexibility index (Phi) is 6.65. The van der Waals surface area contributed by atoms with Crippen LogP contribution in [0, 0.1) is 6.92 Å². The molecule has 0 fully saturated rings. The maximum atomic E-state index is 13.0. The number of aryl methyl sites for hydroxylation is 1. The largest absolute Gasteiger partial charge is 0.494 e. The minimum atomic E-state index is -3.27. The fourth-order valence-electron chi connectivity index (χ4n) is 2.99. The zero-order chi connectivity index (χ0) is 22.8. The van der Waals surface area contributed by atoms with Crippen LogP contribution in [0.15, 0.2) is 29.1 Å². The molecule has 3 aromatic rings. The monoisotopic (exact) mass is 448 g/mol. The lowest BCUT2D eigenvalue weighted by Gasteiger charge is -2.15. The van der Waals surface area contributed by atoms with Crippen LogP contribution in [0.3, 0.4) is 0 Å². The highest BCUT2D eigenvalue weighted by Gasteiger charge is 2.16. The molecule has 1 aromatic carbocycles. The van der Waals surface area contributed by atoms with Gasteiger partial charge in [0.1, 0.15) is 5.75 Å². The average Bonchev–Trinajstić information content (AvgIpc) is 3.11. The van der Waals surface area contributed by atoms with E-state index < -0.39 is 10.0 Å². The van der Waals surface area contributed by atoms with Crippen molar-refractivity contribution in [2.45, 2.75) is 33.2 Å². The first-order chi connectivity index (χ1) is 14.6. The van der Waals surface area contributed by atoms with Crippen LogP contribution in [0.4, 0.5) is 11.6 Å². The fraction of sp³-hybridized carbons (Fsp3) is 0.450. The summed E-state index contributed by atoms with van der Waals surface area (Å²) in [5.74, 6) is 1.60. The Morgan fingerprint density at radius 3 is 2.58 bits per heavy atom. The molecule has 2 heterocycles. The lowest BCUT2D eigenvalue weighted by molar-refractivity contribution is 0.317. The van der Waals surface area contributed by atoms with Crippen molar-refractivity contribution in [1.29, 1.82) is 0 Å². The molecule has 0 atom stereocenters. The van der Waals surface area contributed by atoms with E-state index in [2.05, 4.69) is 20.6 Å². The number of sulfonamides is 1. The molecule has 31 heavy (non-hydrogen) atoms. The molecule has 11 heteroatoms. The topological polar surface area (TPSA) is 122 Å². The fourth-order valence-corrected chi connectivity index (χ4v) is 3.83. The van der Waals surface area contributed by atoms with E-state index in [0.29, 0.717) is 34.6 Å². The first-order valence-electron chi connectivity index (χ1n) is 9.97. The second-order valence-electron chi connectivity index (χ2n) is 7.76. The Labute approximate surface area is 181 Å². The molecule has 0 saturated heterocycles. The zero-order valence-corrected chi connectivity index (χ0v) is 19.2. The van der Waals surface area contributed by atoms with Gasteiger partial charge in [0.2, 0.25) is 10.0 Å². The van der Waals surface area contributed by atoms with E-state index in [0.717, 1.165) is 5.69 Å². The van der Waals surface area contributed by atoms with Gasteiger partial charge in [0.25, 0.3) is 5.56 Å². The summed E-state index contributed by atoms with van der Waals surface area (Å²) in [4.78, 5) is 13.0. The maximum absolute atomic E-state index is 13.0. The Morgan fingerprint density at radius 2 is 1.97 bits per heavy atom. The lowest BCUT2D eigenvalue weighted by Crippen LogP contribution is -2.26. The number of benzene rings is 1. The summed E-state index contributed by atoms with van der Waals surface area (Å²) in [6, 6.07) is 6.88. The first-order valence-corrected chi connectivity index (χ1v) is 11.6. The number of anilines is 2. The van der Waals surface area contributed by atoms with Gasteiger partial charge >= 0.3 is 0 Å². The van der Waals surface area contributed by atoms with Crippen molar-refractivity contribution in [2.24, 2.45) is 0 Å². The van der Waals surface area contributed by atoms with Crippen molar-refractivity contribution >= 4 is 32.4 Å². The Hall–Kier alpha value is -2.92. The zero-order valence-electron chi connectivity index (χ0n) is 18.3. The van der Waals surface area contributed by atoms with Gasteiger partial charge in [-0.3, -0.25) is 9.89 Å². The summed E-state index contributed by atoms with van der Waals surface area (Å²) in [6.07, 6.45) is 0.344. The van der Waals surface area contributed by atoms with Gasteiger partial charge in [-0.1, -0.05) is 0 Å². The second kappa shape index (κ2) is 9.06. The smallest absolute Gasteiger partial charge is 0.275 e. The predicted molar refractivity (Wildman–Crippen MR) is 121 cm³/mol. The van der Waals surface area contributed by atoms with Crippen LogP contribution in [0.25, 0.3) is 10.8 Å². The summed E-state index contributed by atoms with van der Waals surface area (Å²) in [5, 5.41) is 15.8. The summed E-state index contributed by atoms with van der Waals surface area (Å²) in [5.41, 5.74) is 0.672. The molecule has 0 saturated carbocycles. The number of hydrogen-bond acceptors (Lipinski definition) is 7. The van der Waals surface area contributed by atoms with Gasteiger partial charge in [0.05, 0.1) is 23.8 Å². The predicted octanol–water partition coefficient (Wildman–Crippen LogP) is 2.41. The van der Waals surface area contributed by atoms with Crippen LogP contribution < -0.4 is 15.6 Å². The van der Waals surface area contributed by atoms with Gasteiger partial charge in [-0.15, -0.1) is 0 Å². The molecule has 0 aliphatic heterocycles. The molecule has 0 unspecified atom stereocenters. The number of H-pyrrole nitrogens is 1. The van der Waals surface area contributed by atoms with Crippen molar-refractivity contribution in [2.75, 3.05) is 31.8 Å². The quantitative estimate of drug-likeness (QED) is 0.482. The molecule has 2 N–H and O–H groups in total. The van der Waals surface area contributed by atoms with Crippen LogP contribution in [0.1, 0.15) is 32.0 Å². The van der Waals surface area contributed by atoms with E-state index in [1.54, 1.807) is 18.2 Å². The SMILES string of the molecule is Cc1cc(Nc2nn(C(C)C)c(=O)c3cc(OCCCS(=O)(=O)N(C)C)ccc23)n[nH]1. The standard InChI is InChI=1S/C20H28N6O4S/c1-13(2)26-20(27)17-12-15(30-9-6-10-31(28,29)25(4)5)7-8-16(17)19(24-26)21-18-11-14(3)22-23-18/h7-8,11-13H,6,9-10H2,1-5H3,(H2,21,22,23,24). The molecular weight excluding hydrogens is 420 g/mol. The Bertz CT molecular complexity index is 1230. The molecule has 0 aliphatic rings. The van der Waals surface area contributed by atoms with Crippen LogP contribution in [-0.4, -0.2) is 59.2 Å². The molecule has 0 bridgehead atoms. The van der Waals surface area contributed by atoms with E-state index in [-0.39, 0.29) is 24.0 Å². The van der Waals surface area contributed by atoms with Gasteiger partial charge in [-0.2, -0.15) is 10.2 Å². The third-order valence-electron chi connectivity index (χ3n) is 4.71. The van der Waals surface area contributed by atoms with E-state index >= 15 is 0 Å². The van der Waals surface area contributed by atoms with Crippen molar-refractivity contribution < 1.29 is 13.2 Å². The number of nitrogens with zero attached hydrogens (tertiary/aromatic N) is 4. The van der Waals surface area contributed by atoms with Crippen molar-refractivity contribution in [3.8, 4) is 5.75 Å². The summed E-state index contributed by atoms with van der Waals surface area (Å²) < 4.78 is 32.0. The van der Waals surface area contributed by atoms with Crippen LogP contribution in [0.5, 0.6) is 5.75 Å². The van der Waals surface area contributed by atoms with Crippen molar-refractivity contribution in [3.05, 3.63) is 40.3 Å². The summed E-state index contributed by atoms with van der Waals surface area (Å²) >= 11 is 0. The average molecular weight is 449 g/mol. The number of nitrogens with one attached hydrogen (secondary N) is 2. The molecule has 0 aliphatic carbocycles. The summed E-state index contributed by atoms with van der Waals surface area (Å²) in [7, 11) is -0.261. The number of aromatic amines is 1.